The molecule has 0 aromatic heterocycles. The standard InChI is InChI=1S/C47H53NO14/c1-45(2,3)62-44(54)48-34(41(51)57-27-30-17-11-10-12-18-30)25-31-23-24-37(60-42(52)46(4,5)28-58-39(49)32-19-13-15-21-35(32)55-8)38(26-31)61-43(53)47(6,7)29-59-40(50)33-20-14-16-22-36(33)56-9/h10-24,26,34H,25,27-29H2,1-9H3,(H,48,54)/t34-/m0/s1. The van der Waals surface area contributed by atoms with Gasteiger partial charge in [0.25, 0.3) is 0 Å². The number of amides is 1. The molecule has 0 aliphatic carbocycles. The molecule has 0 radical (unpaired) electrons. The van der Waals surface area contributed by atoms with E-state index in [0.717, 1.165) is 0 Å². The molecule has 4 rings (SSSR count). The third-order valence-corrected chi connectivity index (χ3v) is 8.94. The van der Waals surface area contributed by atoms with Crippen molar-refractivity contribution in [3.05, 3.63) is 119 Å². The third kappa shape index (κ3) is 13.8. The number of methoxy groups -OCH3 is 2. The van der Waals surface area contributed by atoms with Gasteiger partial charge in [-0.1, -0.05) is 60.7 Å². The van der Waals surface area contributed by atoms with Crippen LogP contribution < -0.4 is 24.3 Å². The minimum atomic E-state index is -1.46. The van der Waals surface area contributed by atoms with Crippen molar-refractivity contribution in [3.63, 3.8) is 0 Å². The molecule has 1 N–H and O–H groups in total. The molecule has 0 saturated heterocycles. The molecule has 62 heavy (non-hydrogen) atoms. The molecule has 4 aromatic rings. The van der Waals surface area contributed by atoms with E-state index < -0.39 is 71.6 Å². The quantitative estimate of drug-likeness (QED) is 0.0590. The summed E-state index contributed by atoms with van der Waals surface area (Å²) in [6.45, 7) is 10.1. The third-order valence-electron chi connectivity index (χ3n) is 8.94. The van der Waals surface area contributed by atoms with Crippen LogP contribution in [0, 0.1) is 10.8 Å². The van der Waals surface area contributed by atoms with Crippen LogP contribution in [-0.2, 0) is 46.4 Å². The van der Waals surface area contributed by atoms with E-state index in [4.69, 9.17) is 37.9 Å². The second kappa shape index (κ2) is 21.1. The first-order valence-corrected chi connectivity index (χ1v) is 19.6. The Hall–Kier alpha value is -6.90. The van der Waals surface area contributed by atoms with Gasteiger partial charge in [0.2, 0.25) is 0 Å². The van der Waals surface area contributed by atoms with Crippen molar-refractivity contribution in [2.75, 3.05) is 27.4 Å². The van der Waals surface area contributed by atoms with Crippen LogP contribution in [0.1, 0.15) is 80.3 Å². The monoisotopic (exact) mass is 855 g/mol. The summed E-state index contributed by atoms with van der Waals surface area (Å²) in [4.78, 5) is 79.9. The Morgan fingerprint density at radius 1 is 0.548 bits per heavy atom. The molecule has 0 spiro atoms. The Kier molecular flexibility index (Phi) is 16.2. The maximum atomic E-state index is 13.9. The number of carbonyl (C=O) groups excluding carboxylic acids is 6. The van der Waals surface area contributed by atoms with Crippen LogP contribution in [-0.4, -0.2) is 75.0 Å². The molecule has 0 saturated carbocycles. The molecular weight excluding hydrogens is 803 g/mol. The van der Waals surface area contributed by atoms with Gasteiger partial charge >= 0.3 is 35.9 Å². The summed E-state index contributed by atoms with van der Waals surface area (Å²) in [7, 11) is 2.82. The Balaban J connectivity index is 1.62. The van der Waals surface area contributed by atoms with Crippen LogP contribution >= 0.6 is 0 Å². The van der Waals surface area contributed by atoms with Crippen molar-refractivity contribution >= 4 is 35.9 Å². The van der Waals surface area contributed by atoms with Gasteiger partial charge in [-0.05, 0) is 96.0 Å². The van der Waals surface area contributed by atoms with Crippen molar-refractivity contribution < 1.29 is 66.7 Å². The van der Waals surface area contributed by atoms with E-state index in [-0.39, 0.29) is 47.2 Å². The zero-order valence-corrected chi connectivity index (χ0v) is 36.4. The van der Waals surface area contributed by atoms with Crippen molar-refractivity contribution in [3.8, 4) is 23.0 Å². The highest BCUT2D eigenvalue weighted by Crippen LogP contribution is 2.34. The SMILES string of the molecule is COc1ccccc1C(=O)OCC(C)(C)C(=O)Oc1ccc(C[C@H](NC(=O)OC(C)(C)C)C(=O)OCc2ccccc2)cc1OC(=O)C(C)(C)COC(=O)c1ccccc1OC. The molecule has 0 bridgehead atoms. The summed E-state index contributed by atoms with van der Waals surface area (Å²) < 4.78 is 44.1. The first kappa shape index (κ1) is 47.8. The van der Waals surface area contributed by atoms with Crippen LogP contribution in [0.2, 0.25) is 0 Å². The second-order valence-corrected chi connectivity index (χ2v) is 16.4. The van der Waals surface area contributed by atoms with Crippen molar-refractivity contribution in [1.29, 1.82) is 0 Å². The summed E-state index contributed by atoms with van der Waals surface area (Å²) in [6, 6.07) is 24.8. The zero-order valence-electron chi connectivity index (χ0n) is 36.4. The molecule has 1 atom stereocenters. The number of para-hydroxylation sites is 2. The number of esters is 5. The molecule has 0 fully saturated rings. The number of hydrogen-bond acceptors (Lipinski definition) is 14. The Morgan fingerprint density at radius 3 is 1.53 bits per heavy atom. The summed E-state index contributed by atoms with van der Waals surface area (Å²) in [5, 5.41) is 2.56. The number of rotatable bonds is 18. The lowest BCUT2D eigenvalue weighted by Gasteiger charge is -2.25. The van der Waals surface area contributed by atoms with E-state index in [1.165, 1.54) is 72.2 Å². The molecule has 15 nitrogen and oxygen atoms in total. The fourth-order valence-corrected chi connectivity index (χ4v) is 5.42. The van der Waals surface area contributed by atoms with Gasteiger partial charge in [-0.3, -0.25) is 9.59 Å². The van der Waals surface area contributed by atoms with Crippen LogP contribution in [0.15, 0.2) is 97.1 Å². The zero-order chi connectivity index (χ0) is 45.7. The van der Waals surface area contributed by atoms with E-state index in [1.807, 2.05) is 6.07 Å². The lowest BCUT2D eigenvalue weighted by Crippen LogP contribution is -2.45. The second-order valence-electron chi connectivity index (χ2n) is 16.4. The molecule has 0 unspecified atom stereocenters. The van der Waals surface area contributed by atoms with E-state index in [2.05, 4.69) is 5.32 Å². The molecule has 0 heterocycles. The molecule has 0 aliphatic heterocycles. The van der Waals surface area contributed by atoms with Gasteiger partial charge in [-0.15, -0.1) is 0 Å². The molecule has 330 valence electrons. The van der Waals surface area contributed by atoms with Crippen LogP contribution in [0.25, 0.3) is 0 Å². The average Bonchev–Trinajstić information content (AvgIpc) is 3.24. The summed E-state index contributed by atoms with van der Waals surface area (Å²) in [5.74, 6) is -3.87. The van der Waals surface area contributed by atoms with Gasteiger partial charge < -0.3 is 43.2 Å². The molecular formula is C47H53NO14. The fourth-order valence-electron chi connectivity index (χ4n) is 5.42. The summed E-state index contributed by atoms with van der Waals surface area (Å²) >= 11 is 0. The Labute approximate surface area is 360 Å². The van der Waals surface area contributed by atoms with Gasteiger partial charge in [-0.25, -0.2) is 19.2 Å². The van der Waals surface area contributed by atoms with E-state index in [0.29, 0.717) is 11.1 Å². The number of nitrogens with one attached hydrogen (secondary N) is 1. The number of alkyl carbamates (subject to hydrolysis) is 1. The van der Waals surface area contributed by atoms with E-state index in [1.54, 1.807) is 81.4 Å². The Bertz CT molecular complexity index is 2230. The van der Waals surface area contributed by atoms with Crippen molar-refractivity contribution in [2.45, 2.75) is 73.1 Å². The minimum Gasteiger partial charge on any atom is -0.496 e. The highest BCUT2D eigenvalue weighted by Gasteiger charge is 2.36. The average molecular weight is 856 g/mol. The molecule has 4 aromatic carbocycles. The molecule has 0 aliphatic rings. The lowest BCUT2D eigenvalue weighted by molar-refractivity contribution is -0.149. The number of hydrogen-bond donors (Lipinski definition) is 1. The first-order valence-electron chi connectivity index (χ1n) is 19.6. The normalized spacial score (nSPS) is 11.9. The number of carbonyl (C=O) groups is 6. The number of benzene rings is 4. The highest BCUT2D eigenvalue weighted by atomic mass is 16.6. The summed E-state index contributed by atoms with van der Waals surface area (Å²) in [5.41, 5.74) is -2.40. The van der Waals surface area contributed by atoms with Crippen molar-refractivity contribution in [2.24, 2.45) is 10.8 Å². The smallest absolute Gasteiger partial charge is 0.408 e. The fraction of sp³-hybridized carbons (Fsp3) is 0.362. The van der Waals surface area contributed by atoms with Crippen LogP contribution in [0.5, 0.6) is 23.0 Å². The van der Waals surface area contributed by atoms with Crippen molar-refractivity contribution in [1.82, 2.24) is 5.32 Å². The molecule has 15 heteroatoms. The van der Waals surface area contributed by atoms with Gasteiger partial charge in [0.05, 0.1) is 25.0 Å². The summed E-state index contributed by atoms with van der Waals surface area (Å²) in [6.07, 6.45) is -1.06. The van der Waals surface area contributed by atoms with E-state index >= 15 is 0 Å². The van der Waals surface area contributed by atoms with E-state index in [9.17, 15) is 28.8 Å². The Morgan fingerprint density at radius 2 is 1.03 bits per heavy atom. The topological polar surface area (TPSA) is 188 Å². The van der Waals surface area contributed by atoms with Gasteiger partial charge in [0.15, 0.2) is 11.5 Å². The van der Waals surface area contributed by atoms with Gasteiger partial charge in [0.1, 0.15) is 54.1 Å². The largest absolute Gasteiger partial charge is 0.496 e. The maximum Gasteiger partial charge on any atom is 0.408 e. The maximum absolute atomic E-state index is 13.9. The van der Waals surface area contributed by atoms with Crippen LogP contribution in [0.4, 0.5) is 4.79 Å². The first-order chi connectivity index (χ1) is 29.2. The highest BCUT2D eigenvalue weighted by molar-refractivity contribution is 5.93. The predicted octanol–water partition coefficient (Wildman–Crippen LogP) is 7.46. The predicted molar refractivity (Wildman–Crippen MR) is 225 cm³/mol. The number of ether oxygens (including phenoxy) is 8. The van der Waals surface area contributed by atoms with Gasteiger partial charge in [0, 0.05) is 6.42 Å². The lowest BCUT2D eigenvalue weighted by atomic mass is 9.95. The van der Waals surface area contributed by atoms with Crippen LogP contribution in [0.3, 0.4) is 0 Å². The van der Waals surface area contributed by atoms with Gasteiger partial charge in [-0.2, -0.15) is 0 Å². The minimum absolute atomic E-state index is 0.0787. The molecule has 1 amide bonds.